The lowest BCUT2D eigenvalue weighted by Gasteiger charge is -2.20. The van der Waals surface area contributed by atoms with Crippen molar-refractivity contribution in [2.45, 2.75) is 6.54 Å². The van der Waals surface area contributed by atoms with Crippen LogP contribution in [0.5, 0.6) is 0 Å². The van der Waals surface area contributed by atoms with E-state index in [0.29, 0.717) is 18.4 Å². The smallest absolute Gasteiger partial charge is 0.247 e. The minimum atomic E-state index is -0.370. The van der Waals surface area contributed by atoms with E-state index in [1.54, 1.807) is 24.3 Å². The quantitative estimate of drug-likeness (QED) is 0.449. The molecule has 0 saturated carbocycles. The van der Waals surface area contributed by atoms with Gasteiger partial charge in [0.15, 0.2) is 5.78 Å². The number of carbonyl (C=O) groups excluding carboxylic acids is 3. The molecule has 1 amide bonds. The van der Waals surface area contributed by atoms with Gasteiger partial charge in [-0.25, -0.2) is 0 Å². The van der Waals surface area contributed by atoms with E-state index >= 15 is 0 Å². The highest BCUT2D eigenvalue weighted by Crippen LogP contribution is 2.08. The van der Waals surface area contributed by atoms with Gasteiger partial charge in [0.05, 0.1) is 6.54 Å². The third-order valence-corrected chi connectivity index (χ3v) is 3.28. The molecule has 4 heteroatoms. The Hall–Kier alpha value is -3.01. The summed E-state index contributed by atoms with van der Waals surface area (Å²) in [4.78, 5) is 36.4. The van der Waals surface area contributed by atoms with Crippen LogP contribution in [0.1, 0.15) is 15.9 Å². The van der Waals surface area contributed by atoms with E-state index in [0.717, 1.165) is 11.6 Å². The summed E-state index contributed by atoms with van der Waals surface area (Å²) in [6, 6.07) is 18.2. The summed E-state index contributed by atoms with van der Waals surface area (Å²) < 4.78 is 0. The number of ketones is 1. The summed E-state index contributed by atoms with van der Waals surface area (Å²) in [5, 5.41) is 0. The lowest BCUT2D eigenvalue weighted by Crippen LogP contribution is -2.34. The summed E-state index contributed by atoms with van der Waals surface area (Å²) in [5.41, 5.74) is 1.47. The van der Waals surface area contributed by atoms with Gasteiger partial charge in [-0.05, 0) is 11.6 Å². The van der Waals surface area contributed by atoms with Crippen LogP contribution in [0.25, 0.3) is 0 Å². The summed E-state index contributed by atoms with van der Waals surface area (Å²) in [5.74, 6) is -0.514. The first kappa shape index (κ1) is 16.4. The van der Waals surface area contributed by atoms with Gasteiger partial charge in [0.1, 0.15) is 6.29 Å². The lowest BCUT2D eigenvalue weighted by atomic mass is 10.1. The van der Waals surface area contributed by atoms with Crippen molar-refractivity contribution in [1.82, 2.24) is 4.90 Å². The number of carbonyl (C=O) groups is 3. The topological polar surface area (TPSA) is 54.5 Å². The number of hydrogen-bond acceptors (Lipinski definition) is 3. The number of amides is 1. The van der Waals surface area contributed by atoms with Crippen LogP contribution in [-0.4, -0.2) is 29.4 Å². The fourth-order valence-electron chi connectivity index (χ4n) is 2.13. The Morgan fingerprint density at radius 3 is 2.13 bits per heavy atom. The molecule has 0 unspecified atom stereocenters. The van der Waals surface area contributed by atoms with Crippen LogP contribution in [0.15, 0.2) is 72.8 Å². The van der Waals surface area contributed by atoms with Crippen molar-refractivity contribution in [3.63, 3.8) is 0 Å². The predicted octanol–water partition coefficient (Wildman–Crippen LogP) is 2.65. The van der Waals surface area contributed by atoms with Crippen LogP contribution in [-0.2, 0) is 16.1 Å². The maximum atomic E-state index is 12.3. The molecule has 0 bridgehead atoms. The van der Waals surface area contributed by atoms with Gasteiger partial charge < -0.3 is 4.90 Å². The van der Waals surface area contributed by atoms with E-state index in [9.17, 15) is 14.4 Å². The molecule has 0 aliphatic heterocycles. The van der Waals surface area contributed by atoms with Gasteiger partial charge in [0, 0.05) is 18.2 Å². The molecule has 0 aliphatic carbocycles. The molecule has 0 saturated heterocycles. The molecule has 0 aliphatic rings. The van der Waals surface area contributed by atoms with Gasteiger partial charge in [-0.15, -0.1) is 0 Å². The van der Waals surface area contributed by atoms with Crippen molar-refractivity contribution in [2.75, 3.05) is 6.54 Å². The molecule has 0 aromatic heterocycles. The molecule has 4 nitrogen and oxygen atoms in total. The number of aldehydes is 1. The minimum Gasteiger partial charge on any atom is -0.327 e. The van der Waals surface area contributed by atoms with E-state index in [1.165, 1.54) is 11.0 Å². The van der Waals surface area contributed by atoms with Crippen molar-refractivity contribution >= 4 is 18.0 Å². The number of allylic oxidation sites excluding steroid dienone is 1. The fourth-order valence-corrected chi connectivity index (χ4v) is 2.13. The lowest BCUT2D eigenvalue weighted by molar-refractivity contribution is -0.126. The second kappa shape index (κ2) is 8.44. The molecular weight excluding hydrogens is 290 g/mol. The van der Waals surface area contributed by atoms with Gasteiger partial charge in [-0.2, -0.15) is 0 Å². The van der Waals surface area contributed by atoms with E-state index in [1.807, 2.05) is 36.4 Å². The van der Waals surface area contributed by atoms with Crippen molar-refractivity contribution in [2.24, 2.45) is 0 Å². The molecule has 0 atom stereocenters. The van der Waals surface area contributed by atoms with Gasteiger partial charge in [0.2, 0.25) is 5.91 Å². The predicted molar refractivity (Wildman–Crippen MR) is 87.8 cm³/mol. The van der Waals surface area contributed by atoms with Crippen molar-refractivity contribution in [3.8, 4) is 0 Å². The van der Waals surface area contributed by atoms with Crippen LogP contribution < -0.4 is 0 Å². The number of Topliss-reactive ketones (excluding diaryl/α,β-unsaturated/α-hetero) is 1. The van der Waals surface area contributed by atoms with Crippen LogP contribution in [0.3, 0.4) is 0 Å². The number of benzene rings is 2. The first-order valence-electron chi connectivity index (χ1n) is 7.23. The minimum absolute atomic E-state index is 0.0407. The second-order valence-electron chi connectivity index (χ2n) is 4.96. The average molecular weight is 307 g/mol. The van der Waals surface area contributed by atoms with Gasteiger partial charge in [-0.1, -0.05) is 60.7 Å². The Labute approximate surface area is 135 Å². The van der Waals surface area contributed by atoms with Crippen LogP contribution in [0.2, 0.25) is 0 Å². The van der Waals surface area contributed by atoms with Crippen molar-refractivity contribution in [1.29, 1.82) is 0 Å². The zero-order chi connectivity index (χ0) is 16.5. The maximum absolute atomic E-state index is 12.3. The summed E-state index contributed by atoms with van der Waals surface area (Å²) >= 11 is 0. The van der Waals surface area contributed by atoms with E-state index in [-0.39, 0.29) is 18.2 Å². The van der Waals surface area contributed by atoms with E-state index in [4.69, 9.17) is 0 Å². The Kier molecular flexibility index (Phi) is 6.00. The zero-order valence-electron chi connectivity index (χ0n) is 12.6. The van der Waals surface area contributed by atoms with Crippen LogP contribution in [0.4, 0.5) is 0 Å². The molecule has 116 valence electrons. The highest BCUT2D eigenvalue weighted by molar-refractivity contribution is 6.01. The SMILES string of the molecule is O=C/C=C/C(=O)N(CC(=O)c1ccccc1)Cc1ccccc1. The zero-order valence-corrected chi connectivity index (χ0v) is 12.6. The van der Waals surface area contributed by atoms with Gasteiger partial charge >= 0.3 is 0 Å². The maximum Gasteiger partial charge on any atom is 0.247 e. The molecule has 2 rings (SSSR count). The molecule has 0 spiro atoms. The highest BCUT2D eigenvalue weighted by Gasteiger charge is 2.16. The highest BCUT2D eigenvalue weighted by atomic mass is 16.2. The largest absolute Gasteiger partial charge is 0.327 e. The number of rotatable bonds is 7. The monoisotopic (exact) mass is 307 g/mol. The molecule has 0 N–H and O–H groups in total. The Morgan fingerprint density at radius 1 is 0.913 bits per heavy atom. The molecule has 0 fully saturated rings. The molecule has 0 heterocycles. The molecule has 2 aromatic rings. The Morgan fingerprint density at radius 2 is 1.52 bits per heavy atom. The third kappa shape index (κ3) is 5.04. The van der Waals surface area contributed by atoms with Crippen molar-refractivity contribution < 1.29 is 14.4 Å². The first-order chi connectivity index (χ1) is 11.2. The number of hydrogen-bond donors (Lipinski definition) is 0. The third-order valence-electron chi connectivity index (χ3n) is 3.28. The normalized spacial score (nSPS) is 10.4. The molecule has 0 radical (unpaired) electrons. The first-order valence-corrected chi connectivity index (χ1v) is 7.23. The summed E-state index contributed by atoms with van der Waals surface area (Å²) in [6.45, 7) is 0.266. The van der Waals surface area contributed by atoms with Crippen LogP contribution in [0, 0.1) is 0 Å². The van der Waals surface area contributed by atoms with E-state index in [2.05, 4.69) is 0 Å². The van der Waals surface area contributed by atoms with Gasteiger partial charge in [-0.3, -0.25) is 14.4 Å². The van der Waals surface area contributed by atoms with Gasteiger partial charge in [0.25, 0.3) is 0 Å². The fraction of sp³-hybridized carbons (Fsp3) is 0.105. The van der Waals surface area contributed by atoms with Crippen molar-refractivity contribution in [3.05, 3.63) is 83.9 Å². The average Bonchev–Trinajstić information content (AvgIpc) is 2.60. The molecular formula is C19H17NO3. The Balaban J connectivity index is 2.16. The standard InChI is InChI=1S/C19H17NO3/c21-13-7-12-19(23)20(14-16-8-3-1-4-9-16)15-18(22)17-10-5-2-6-11-17/h1-13H,14-15H2/b12-7+. The second-order valence-corrected chi connectivity index (χ2v) is 4.96. The Bertz CT molecular complexity index is 693. The summed E-state index contributed by atoms with van der Waals surface area (Å²) in [7, 11) is 0. The summed E-state index contributed by atoms with van der Waals surface area (Å²) in [6.07, 6.45) is 2.85. The molecule has 2 aromatic carbocycles. The van der Waals surface area contributed by atoms with Crippen LogP contribution >= 0.6 is 0 Å². The molecule has 23 heavy (non-hydrogen) atoms. The number of nitrogens with zero attached hydrogens (tertiary/aromatic N) is 1. The van der Waals surface area contributed by atoms with E-state index < -0.39 is 0 Å².